The zero-order valence-corrected chi connectivity index (χ0v) is 18.3. The SMILES string of the molecule is COC(=O)/C(=N/Nc1ccc(Br)cc1)Sc1nnc(-c2ccc(OC)cc2)n1C. The number of carbonyl (C=O) groups is 1. The molecule has 0 fully saturated rings. The average Bonchev–Trinajstić information content (AvgIpc) is 3.11. The summed E-state index contributed by atoms with van der Waals surface area (Å²) in [6, 6.07) is 14.9. The van der Waals surface area contributed by atoms with E-state index >= 15 is 0 Å². The Bertz CT molecular complexity index is 1020. The van der Waals surface area contributed by atoms with Gasteiger partial charge in [0.1, 0.15) is 5.75 Å². The van der Waals surface area contributed by atoms with E-state index in [2.05, 4.69) is 36.7 Å². The minimum Gasteiger partial charge on any atom is -0.497 e. The van der Waals surface area contributed by atoms with Gasteiger partial charge in [0.15, 0.2) is 11.0 Å². The minimum absolute atomic E-state index is 0.104. The summed E-state index contributed by atoms with van der Waals surface area (Å²) < 4.78 is 12.7. The molecule has 29 heavy (non-hydrogen) atoms. The third kappa shape index (κ3) is 5.15. The summed E-state index contributed by atoms with van der Waals surface area (Å²) in [5.74, 6) is 0.832. The maximum Gasteiger partial charge on any atom is 0.365 e. The quantitative estimate of drug-likeness (QED) is 0.196. The maximum absolute atomic E-state index is 12.2. The number of rotatable bonds is 5. The number of nitrogens with zero attached hydrogens (tertiary/aromatic N) is 4. The molecule has 1 N–H and O–H groups in total. The lowest BCUT2D eigenvalue weighted by Gasteiger charge is -2.07. The Labute approximate surface area is 180 Å². The van der Waals surface area contributed by atoms with Crippen molar-refractivity contribution in [3.63, 3.8) is 0 Å². The first-order valence-electron chi connectivity index (χ1n) is 8.41. The first-order chi connectivity index (χ1) is 14.0. The predicted octanol–water partition coefficient (Wildman–Crippen LogP) is 3.94. The highest BCUT2D eigenvalue weighted by Gasteiger charge is 2.20. The number of benzene rings is 2. The highest BCUT2D eigenvalue weighted by molar-refractivity contribution is 9.10. The number of methoxy groups -OCH3 is 2. The molecule has 0 saturated carbocycles. The van der Waals surface area contributed by atoms with Gasteiger partial charge < -0.3 is 14.0 Å². The van der Waals surface area contributed by atoms with Crippen molar-refractivity contribution in [3.05, 3.63) is 53.0 Å². The molecule has 0 spiro atoms. The number of hydrazone groups is 1. The monoisotopic (exact) mass is 475 g/mol. The number of hydrogen-bond acceptors (Lipinski definition) is 8. The molecule has 0 aliphatic heterocycles. The van der Waals surface area contributed by atoms with E-state index in [0.717, 1.165) is 33.2 Å². The van der Waals surface area contributed by atoms with Crippen LogP contribution in [0.2, 0.25) is 0 Å². The highest BCUT2D eigenvalue weighted by atomic mass is 79.9. The standard InChI is InChI=1S/C19H18BrN5O3S/c1-25-16(12-4-10-15(27-2)11-5-12)22-24-19(25)29-17(18(26)28-3)23-21-14-8-6-13(20)7-9-14/h4-11,21H,1-3H3/b23-17-. The number of nitrogens with one attached hydrogen (secondary N) is 1. The van der Waals surface area contributed by atoms with E-state index < -0.39 is 5.97 Å². The first kappa shape index (κ1) is 20.9. The second-order valence-corrected chi connectivity index (χ2v) is 7.59. The number of ether oxygens (including phenoxy) is 2. The van der Waals surface area contributed by atoms with Gasteiger partial charge in [-0.1, -0.05) is 15.9 Å². The van der Waals surface area contributed by atoms with Gasteiger partial charge in [-0.3, -0.25) is 5.43 Å². The molecule has 0 saturated heterocycles. The fourth-order valence-corrected chi connectivity index (χ4v) is 3.32. The van der Waals surface area contributed by atoms with Crippen molar-refractivity contribution in [2.45, 2.75) is 5.16 Å². The fraction of sp³-hybridized carbons (Fsp3) is 0.158. The normalized spacial score (nSPS) is 11.2. The first-order valence-corrected chi connectivity index (χ1v) is 10.0. The van der Waals surface area contributed by atoms with Crippen LogP contribution < -0.4 is 10.2 Å². The van der Waals surface area contributed by atoms with Crippen LogP contribution in [0.25, 0.3) is 11.4 Å². The Morgan fingerprint density at radius 1 is 1.10 bits per heavy atom. The summed E-state index contributed by atoms with van der Waals surface area (Å²) in [5, 5.41) is 13.2. The molecule has 2 aromatic carbocycles. The van der Waals surface area contributed by atoms with Crippen LogP contribution in [0, 0.1) is 0 Å². The van der Waals surface area contributed by atoms with Gasteiger partial charge in [-0.15, -0.1) is 10.2 Å². The molecule has 1 aromatic heterocycles. The van der Waals surface area contributed by atoms with E-state index in [-0.39, 0.29) is 5.04 Å². The molecular formula is C19H18BrN5O3S. The van der Waals surface area contributed by atoms with Crippen LogP contribution in [0.1, 0.15) is 0 Å². The van der Waals surface area contributed by atoms with Crippen molar-refractivity contribution in [1.82, 2.24) is 14.8 Å². The number of carbonyl (C=O) groups excluding carboxylic acids is 1. The van der Waals surface area contributed by atoms with Gasteiger partial charge in [0.05, 0.1) is 19.9 Å². The molecule has 3 rings (SSSR count). The third-order valence-electron chi connectivity index (χ3n) is 3.86. The van der Waals surface area contributed by atoms with Gasteiger partial charge in [0.25, 0.3) is 0 Å². The average molecular weight is 476 g/mol. The van der Waals surface area contributed by atoms with Gasteiger partial charge >= 0.3 is 5.97 Å². The zero-order valence-electron chi connectivity index (χ0n) is 15.9. The van der Waals surface area contributed by atoms with Crippen molar-refractivity contribution in [2.24, 2.45) is 12.1 Å². The lowest BCUT2D eigenvalue weighted by Crippen LogP contribution is -2.15. The lowest BCUT2D eigenvalue weighted by molar-refractivity contribution is -0.132. The van der Waals surface area contributed by atoms with Crippen LogP contribution >= 0.6 is 27.7 Å². The Morgan fingerprint density at radius 2 is 1.79 bits per heavy atom. The van der Waals surface area contributed by atoms with Crippen molar-refractivity contribution in [3.8, 4) is 17.1 Å². The van der Waals surface area contributed by atoms with Crippen LogP contribution in [0.15, 0.2) is 63.3 Å². The van der Waals surface area contributed by atoms with Gasteiger partial charge in [-0.25, -0.2) is 4.79 Å². The fourth-order valence-electron chi connectivity index (χ4n) is 2.32. The Morgan fingerprint density at radius 3 is 2.41 bits per heavy atom. The van der Waals surface area contributed by atoms with E-state index in [1.54, 1.807) is 11.7 Å². The number of hydrogen-bond donors (Lipinski definition) is 1. The van der Waals surface area contributed by atoms with Crippen molar-refractivity contribution >= 4 is 44.4 Å². The number of esters is 1. The molecule has 1 heterocycles. The second-order valence-electron chi connectivity index (χ2n) is 5.72. The van der Waals surface area contributed by atoms with E-state index in [4.69, 9.17) is 9.47 Å². The maximum atomic E-state index is 12.2. The molecule has 0 unspecified atom stereocenters. The van der Waals surface area contributed by atoms with E-state index in [9.17, 15) is 4.79 Å². The van der Waals surface area contributed by atoms with E-state index in [1.807, 2.05) is 55.6 Å². The van der Waals surface area contributed by atoms with Crippen molar-refractivity contribution < 1.29 is 14.3 Å². The molecular weight excluding hydrogens is 458 g/mol. The van der Waals surface area contributed by atoms with Crippen LogP contribution in [0.4, 0.5) is 5.69 Å². The molecule has 0 amide bonds. The number of aromatic nitrogens is 3. The number of thioether (sulfide) groups is 1. The van der Waals surface area contributed by atoms with Gasteiger partial charge in [-0.2, -0.15) is 5.10 Å². The van der Waals surface area contributed by atoms with Crippen molar-refractivity contribution in [2.75, 3.05) is 19.6 Å². The van der Waals surface area contributed by atoms with Gasteiger partial charge in [0.2, 0.25) is 5.04 Å². The molecule has 3 aromatic rings. The molecule has 0 radical (unpaired) electrons. The Balaban J connectivity index is 1.82. The highest BCUT2D eigenvalue weighted by Crippen LogP contribution is 2.25. The second kappa shape index (κ2) is 9.57. The zero-order chi connectivity index (χ0) is 20.8. The molecule has 0 atom stereocenters. The van der Waals surface area contributed by atoms with Gasteiger partial charge in [0, 0.05) is 17.1 Å². The summed E-state index contributed by atoms with van der Waals surface area (Å²) in [6.45, 7) is 0. The van der Waals surface area contributed by atoms with E-state index in [0.29, 0.717) is 11.0 Å². The summed E-state index contributed by atoms with van der Waals surface area (Å²) in [5.41, 5.74) is 4.45. The minimum atomic E-state index is -0.575. The van der Waals surface area contributed by atoms with Gasteiger partial charge in [-0.05, 0) is 60.3 Å². The largest absolute Gasteiger partial charge is 0.497 e. The summed E-state index contributed by atoms with van der Waals surface area (Å²) in [7, 11) is 4.73. The van der Waals surface area contributed by atoms with Crippen LogP contribution in [0.3, 0.4) is 0 Å². The molecule has 10 heteroatoms. The topological polar surface area (TPSA) is 90.6 Å². The third-order valence-corrected chi connectivity index (χ3v) is 5.38. The van der Waals surface area contributed by atoms with Crippen LogP contribution in [-0.2, 0) is 16.6 Å². The summed E-state index contributed by atoms with van der Waals surface area (Å²) in [6.07, 6.45) is 0. The molecule has 0 aliphatic carbocycles. The molecule has 150 valence electrons. The summed E-state index contributed by atoms with van der Waals surface area (Å²) >= 11 is 4.44. The predicted molar refractivity (Wildman–Crippen MR) is 116 cm³/mol. The molecule has 0 bridgehead atoms. The Hall–Kier alpha value is -2.85. The van der Waals surface area contributed by atoms with E-state index in [1.165, 1.54) is 7.11 Å². The summed E-state index contributed by atoms with van der Waals surface area (Å²) in [4.78, 5) is 12.2. The number of anilines is 1. The lowest BCUT2D eigenvalue weighted by atomic mass is 10.2. The van der Waals surface area contributed by atoms with Crippen LogP contribution in [0.5, 0.6) is 5.75 Å². The Kier molecular flexibility index (Phi) is 6.89. The number of halogens is 1. The molecule has 0 aliphatic rings. The van der Waals surface area contributed by atoms with Crippen LogP contribution in [-0.4, -0.2) is 40.0 Å². The molecule has 8 nitrogen and oxygen atoms in total. The smallest absolute Gasteiger partial charge is 0.365 e. The van der Waals surface area contributed by atoms with Crippen molar-refractivity contribution in [1.29, 1.82) is 0 Å².